The lowest BCUT2D eigenvalue weighted by Gasteiger charge is -2.31. The largest absolute Gasteiger partial charge is 0.319 e. The van der Waals surface area contributed by atoms with Crippen LogP contribution in [0.15, 0.2) is 24.3 Å². The van der Waals surface area contributed by atoms with E-state index in [1.165, 1.54) is 5.56 Å². The fourth-order valence-corrected chi connectivity index (χ4v) is 2.80. The third kappa shape index (κ3) is 3.63. The first kappa shape index (κ1) is 16.0. The summed E-state index contributed by atoms with van der Waals surface area (Å²) in [6, 6.07) is 8.55. The molecular weight excluding hydrogens is 262 g/mol. The number of carbonyl (C=O) groups excluding carboxylic acids is 1. The third-order valence-electron chi connectivity index (χ3n) is 4.17. The Labute approximate surface area is 128 Å². The molecule has 4 heteroatoms. The molecule has 1 N–H and O–H groups in total. The first-order chi connectivity index (χ1) is 9.90. The van der Waals surface area contributed by atoms with E-state index in [0.29, 0.717) is 0 Å². The van der Waals surface area contributed by atoms with Gasteiger partial charge in [-0.1, -0.05) is 29.8 Å². The second-order valence-corrected chi connectivity index (χ2v) is 6.39. The highest BCUT2D eigenvalue weighted by Crippen LogP contribution is 2.28. The summed E-state index contributed by atoms with van der Waals surface area (Å²) in [6.45, 7) is 7.15. The molecule has 0 radical (unpaired) electrons. The fraction of sp³-hybridized carbons (Fsp3) is 0.588. The van der Waals surface area contributed by atoms with Crippen LogP contribution in [0.5, 0.6) is 0 Å². The van der Waals surface area contributed by atoms with E-state index in [1.54, 1.807) is 0 Å². The van der Waals surface area contributed by atoms with Crippen LogP contribution < -0.4 is 5.32 Å². The molecule has 1 aromatic carbocycles. The first-order valence-corrected chi connectivity index (χ1v) is 7.69. The number of nitrogens with zero attached hydrogens (tertiary/aromatic N) is 2. The number of benzene rings is 1. The molecule has 1 aliphatic rings. The van der Waals surface area contributed by atoms with Gasteiger partial charge in [0.1, 0.15) is 6.17 Å². The van der Waals surface area contributed by atoms with Gasteiger partial charge in [0, 0.05) is 6.04 Å². The summed E-state index contributed by atoms with van der Waals surface area (Å²) in [5, 5.41) is 3.42. The Morgan fingerprint density at radius 3 is 2.48 bits per heavy atom. The van der Waals surface area contributed by atoms with E-state index in [1.807, 2.05) is 11.8 Å². The predicted octanol–water partition coefficient (Wildman–Crippen LogP) is 2.15. The summed E-state index contributed by atoms with van der Waals surface area (Å²) in [4.78, 5) is 16.7. The van der Waals surface area contributed by atoms with Crippen LogP contribution >= 0.6 is 0 Å². The van der Waals surface area contributed by atoms with Crippen LogP contribution in [0.2, 0.25) is 0 Å². The van der Waals surface area contributed by atoms with Crippen molar-refractivity contribution in [2.75, 3.05) is 20.6 Å². The van der Waals surface area contributed by atoms with Crippen LogP contribution in [0.3, 0.4) is 0 Å². The zero-order chi connectivity index (χ0) is 15.6. The molecule has 0 aromatic heterocycles. The number of nitrogens with one attached hydrogen (secondary N) is 1. The van der Waals surface area contributed by atoms with Crippen molar-refractivity contribution >= 4 is 5.91 Å². The standard InChI is InChI=1S/C17H27N3O/c1-12-6-8-15(9-7-12)16-18-14(3)17(21)20(16)13(2)10-11-19(4)5/h6-9,13-14,16,18H,10-11H2,1-5H3. The SMILES string of the molecule is Cc1ccc(C2NC(C)C(=O)N2C(C)CCN(C)C)cc1. The quantitative estimate of drug-likeness (QED) is 0.902. The minimum absolute atomic E-state index is 0.00902. The highest BCUT2D eigenvalue weighted by Gasteiger charge is 2.39. The first-order valence-electron chi connectivity index (χ1n) is 7.69. The van der Waals surface area contributed by atoms with Gasteiger partial charge in [-0.15, -0.1) is 0 Å². The van der Waals surface area contributed by atoms with E-state index < -0.39 is 0 Å². The van der Waals surface area contributed by atoms with Crippen LogP contribution in [0, 0.1) is 6.92 Å². The number of hydrogen-bond acceptors (Lipinski definition) is 3. The molecule has 1 fully saturated rings. The lowest BCUT2D eigenvalue weighted by molar-refractivity contribution is -0.132. The van der Waals surface area contributed by atoms with Gasteiger partial charge >= 0.3 is 0 Å². The second-order valence-electron chi connectivity index (χ2n) is 6.39. The Bertz CT molecular complexity index is 483. The second kappa shape index (κ2) is 6.58. The molecule has 3 atom stereocenters. The Morgan fingerprint density at radius 1 is 1.29 bits per heavy atom. The highest BCUT2D eigenvalue weighted by molar-refractivity contribution is 5.84. The van der Waals surface area contributed by atoms with Crippen molar-refractivity contribution < 1.29 is 4.79 Å². The van der Waals surface area contributed by atoms with Crippen LogP contribution in [0.1, 0.15) is 37.6 Å². The number of hydrogen-bond donors (Lipinski definition) is 1. The molecule has 1 amide bonds. The molecule has 0 spiro atoms. The smallest absolute Gasteiger partial charge is 0.241 e. The fourth-order valence-electron chi connectivity index (χ4n) is 2.80. The molecule has 0 aliphatic carbocycles. The van der Waals surface area contributed by atoms with Gasteiger partial charge in [-0.25, -0.2) is 0 Å². The maximum Gasteiger partial charge on any atom is 0.241 e. The molecule has 1 aromatic rings. The van der Waals surface area contributed by atoms with Gasteiger partial charge in [0.05, 0.1) is 6.04 Å². The molecule has 116 valence electrons. The maximum atomic E-state index is 12.5. The van der Waals surface area contributed by atoms with Gasteiger partial charge in [0.15, 0.2) is 0 Å². The third-order valence-corrected chi connectivity index (χ3v) is 4.17. The van der Waals surface area contributed by atoms with Crippen molar-refractivity contribution in [1.29, 1.82) is 0 Å². The van der Waals surface area contributed by atoms with Gasteiger partial charge in [-0.05, 0) is 53.4 Å². The minimum atomic E-state index is -0.113. The van der Waals surface area contributed by atoms with Crippen molar-refractivity contribution in [3.63, 3.8) is 0 Å². The number of carbonyl (C=O) groups is 1. The zero-order valence-corrected chi connectivity index (χ0v) is 13.8. The topological polar surface area (TPSA) is 35.6 Å². The zero-order valence-electron chi connectivity index (χ0n) is 13.8. The summed E-state index contributed by atoms with van der Waals surface area (Å²) in [7, 11) is 4.13. The van der Waals surface area contributed by atoms with E-state index in [0.717, 1.165) is 18.5 Å². The molecule has 0 saturated carbocycles. The average Bonchev–Trinajstić information content (AvgIpc) is 2.73. The van der Waals surface area contributed by atoms with Crippen LogP contribution in [-0.4, -0.2) is 48.4 Å². The molecule has 4 nitrogen and oxygen atoms in total. The molecule has 3 unspecified atom stereocenters. The lowest BCUT2D eigenvalue weighted by atomic mass is 10.1. The van der Waals surface area contributed by atoms with Crippen molar-refractivity contribution in [1.82, 2.24) is 15.1 Å². The molecule has 1 saturated heterocycles. The van der Waals surface area contributed by atoms with Crippen LogP contribution in [0.25, 0.3) is 0 Å². The number of amides is 1. The maximum absolute atomic E-state index is 12.5. The van der Waals surface area contributed by atoms with Gasteiger partial charge < -0.3 is 9.80 Å². The van der Waals surface area contributed by atoms with E-state index in [9.17, 15) is 4.79 Å². The van der Waals surface area contributed by atoms with Gasteiger partial charge in [0.2, 0.25) is 5.91 Å². The summed E-state index contributed by atoms with van der Waals surface area (Å²) < 4.78 is 0. The van der Waals surface area contributed by atoms with Crippen molar-refractivity contribution in [2.24, 2.45) is 0 Å². The van der Waals surface area contributed by atoms with Crippen LogP contribution in [0.4, 0.5) is 0 Å². The van der Waals surface area contributed by atoms with Gasteiger partial charge in [-0.3, -0.25) is 10.1 Å². The normalized spacial score (nSPS) is 23.9. The Hall–Kier alpha value is -1.39. The van der Waals surface area contributed by atoms with Crippen LogP contribution in [-0.2, 0) is 4.79 Å². The van der Waals surface area contributed by atoms with Gasteiger partial charge in [-0.2, -0.15) is 0 Å². The molecule has 2 rings (SSSR count). The van der Waals surface area contributed by atoms with Crippen molar-refractivity contribution in [3.05, 3.63) is 35.4 Å². The van der Waals surface area contributed by atoms with E-state index >= 15 is 0 Å². The van der Waals surface area contributed by atoms with Gasteiger partial charge in [0.25, 0.3) is 0 Å². The Morgan fingerprint density at radius 2 is 1.90 bits per heavy atom. The minimum Gasteiger partial charge on any atom is -0.319 e. The van der Waals surface area contributed by atoms with Crippen molar-refractivity contribution in [3.8, 4) is 0 Å². The molecule has 1 aliphatic heterocycles. The van der Waals surface area contributed by atoms with E-state index in [4.69, 9.17) is 0 Å². The monoisotopic (exact) mass is 289 g/mol. The predicted molar refractivity (Wildman–Crippen MR) is 86.0 cm³/mol. The summed E-state index contributed by atoms with van der Waals surface area (Å²) in [6.07, 6.45) is 0.973. The Balaban J connectivity index is 2.18. The van der Waals surface area contributed by atoms with E-state index in [2.05, 4.69) is 62.4 Å². The summed E-state index contributed by atoms with van der Waals surface area (Å²) in [5.41, 5.74) is 2.40. The average molecular weight is 289 g/mol. The molecule has 21 heavy (non-hydrogen) atoms. The molecule has 1 heterocycles. The highest BCUT2D eigenvalue weighted by atomic mass is 16.2. The number of aryl methyl sites for hydroxylation is 1. The summed E-state index contributed by atoms with van der Waals surface area (Å²) in [5.74, 6) is 0.201. The molecule has 0 bridgehead atoms. The van der Waals surface area contributed by atoms with Crippen molar-refractivity contribution in [2.45, 2.75) is 45.4 Å². The van der Waals surface area contributed by atoms with E-state index in [-0.39, 0.29) is 24.2 Å². The molecular formula is C17H27N3O. The Kier molecular flexibility index (Phi) is 5.01. The lowest BCUT2D eigenvalue weighted by Crippen LogP contribution is -2.39. The summed E-state index contributed by atoms with van der Waals surface area (Å²) >= 11 is 0. The number of rotatable bonds is 5.